The third-order valence-electron chi connectivity index (χ3n) is 4.02. The topological polar surface area (TPSA) is 95.8 Å². The van der Waals surface area contributed by atoms with Crippen molar-refractivity contribution in [2.24, 2.45) is 0 Å². The summed E-state index contributed by atoms with van der Waals surface area (Å²) in [6, 6.07) is 10.1. The predicted octanol–water partition coefficient (Wildman–Crippen LogP) is 4.15. The summed E-state index contributed by atoms with van der Waals surface area (Å²) in [6.45, 7) is 3.68. The van der Waals surface area contributed by atoms with Gasteiger partial charge in [0.05, 0.1) is 11.2 Å². The quantitative estimate of drug-likeness (QED) is 0.503. The number of nitrogens with one attached hydrogen (secondary N) is 3. The molecule has 0 spiro atoms. The highest BCUT2D eigenvalue weighted by Gasteiger charge is 2.09. The minimum atomic E-state index is -0.507. The first-order valence-corrected chi connectivity index (χ1v) is 8.25. The molecule has 2 heterocycles. The van der Waals surface area contributed by atoms with Crippen LogP contribution in [0.5, 0.6) is 0 Å². The fourth-order valence-electron chi connectivity index (χ4n) is 2.64. The first-order valence-electron chi connectivity index (χ1n) is 8.25. The highest BCUT2D eigenvalue weighted by molar-refractivity contribution is 5.78. The second kappa shape index (κ2) is 6.56. The Hall–Kier alpha value is -3.68. The van der Waals surface area contributed by atoms with Crippen LogP contribution in [0, 0.1) is 19.7 Å². The van der Waals surface area contributed by atoms with Gasteiger partial charge < -0.3 is 15.1 Å². The monoisotopic (exact) mass is 365 g/mol. The number of fused-ring (bicyclic) bond motifs is 1. The van der Waals surface area contributed by atoms with Crippen LogP contribution in [0.3, 0.4) is 0 Å². The molecule has 3 N–H and O–H groups in total. The van der Waals surface area contributed by atoms with Gasteiger partial charge in [0.2, 0.25) is 5.95 Å². The molecule has 0 radical (unpaired) electrons. The fourth-order valence-corrected chi connectivity index (χ4v) is 2.64. The lowest BCUT2D eigenvalue weighted by molar-refractivity contribution is 0.555. The second-order valence-electron chi connectivity index (χ2n) is 6.18. The van der Waals surface area contributed by atoms with Crippen molar-refractivity contribution in [3.05, 3.63) is 70.1 Å². The summed E-state index contributed by atoms with van der Waals surface area (Å²) in [5.41, 5.74) is 3.71. The van der Waals surface area contributed by atoms with Crippen molar-refractivity contribution in [2.75, 3.05) is 10.6 Å². The van der Waals surface area contributed by atoms with Crippen LogP contribution in [-0.2, 0) is 0 Å². The zero-order valence-electron chi connectivity index (χ0n) is 14.6. The van der Waals surface area contributed by atoms with Gasteiger partial charge in [-0.15, -0.1) is 0 Å². The van der Waals surface area contributed by atoms with Gasteiger partial charge in [-0.1, -0.05) is 6.07 Å². The number of halogens is 1. The molecule has 8 heteroatoms. The maximum atomic E-state index is 14.0. The molecule has 0 unspecified atom stereocenters. The molecule has 0 amide bonds. The molecular formula is C19H16FN5O2. The van der Waals surface area contributed by atoms with Crippen molar-refractivity contribution < 1.29 is 8.81 Å². The number of benzene rings is 2. The van der Waals surface area contributed by atoms with E-state index >= 15 is 0 Å². The first-order chi connectivity index (χ1) is 13.0. The molecule has 27 heavy (non-hydrogen) atoms. The Morgan fingerprint density at radius 1 is 1.11 bits per heavy atom. The van der Waals surface area contributed by atoms with E-state index in [1.54, 1.807) is 36.5 Å². The van der Waals surface area contributed by atoms with Crippen molar-refractivity contribution in [1.82, 2.24) is 15.0 Å². The minimum absolute atomic E-state index is 0.267. The molecular weight excluding hydrogens is 349 g/mol. The third kappa shape index (κ3) is 3.50. The summed E-state index contributed by atoms with van der Waals surface area (Å²) >= 11 is 0. The van der Waals surface area contributed by atoms with Gasteiger partial charge in [0.15, 0.2) is 5.58 Å². The normalized spacial score (nSPS) is 10.9. The first kappa shape index (κ1) is 16.8. The number of H-pyrrole nitrogens is 1. The van der Waals surface area contributed by atoms with Crippen molar-refractivity contribution in [3.63, 3.8) is 0 Å². The van der Waals surface area contributed by atoms with E-state index in [0.29, 0.717) is 28.3 Å². The van der Waals surface area contributed by atoms with E-state index in [1.165, 1.54) is 6.07 Å². The van der Waals surface area contributed by atoms with E-state index in [0.717, 1.165) is 11.1 Å². The van der Waals surface area contributed by atoms with Crippen LogP contribution < -0.4 is 16.4 Å². The van der Waals surface area contributed by atoms with Gasteiger partial charge >= 0.3 is 5.76 Å². The van der Waals surface area contributed by atoms with E-state index in [-0.39, 0.29) is 11.8 Å². The molecule has 0 bridgehead atoms. The average molecular weight is 365 g/mol. The molecule has 0 fully saturated rings. The van der Waals surface area contributed by atoms with Gasteiger partial charge in [-0.25, -0.2) is 14.2 Å². The number of hydrogen-bond acceptors (Lipinski definition) is 6. The standard InChI is InChI=1S/C19H16FN5O2/c1-10-3-5-14(13(20)7-10)23-18-21-9-11(2)17(25-18)22-12-4-6-16-15(8-12)24-19(26)27-16/h3-9H,1-2H3,(H,24,26)(H2,21,22,23,25). The minimum Gasteiger partial charge on any atom is -0.408 e. The van der Waals surface area contributed by atoms with Crippen LogP contribution in [0.4, 0.5) is 27.5 Å². The summed E-state index contributed by atoms with van der Waals surface area (Å²) < 4.78 is 19.0. The van der Waals surface area contributed by atoms with Crippen LogP contribution in [0.1, 0.15) is 11.1 Å². The molecule has 4 rings (SSSR count). The van der Waals surface area contributed by atoms with E-state index in [9.17, 15) is 9.18 Å². The van der Waals surface area contributed by atoms with Gasteiger partial charge in [-0.2, -0.15) is 4.98 Å². The number of aromatic amines is 1. The fraction of sp³-hybridized carbons (Fsp3) is 0.105. The molecule has 0 aliphatic carbocycles. The van der Waals surface area contributed by atoms with E-state index < -0.39 is 5.76 Å². The summed E-state index contributed by atoms with van der Waals surface area (Å²) in [5, 5.41) is 6.06. The largest absolute Gasteiger partial charge is 0.417 e. The van der Waals surface area contributed by atoms with Gasteiger partial charge in [0.1, 0.15) is 11.6 Å². The van der Waals surface area contributed by atoms with Gasteiger partial charge in [-0.05, 0) is 49.7 Å². The van der Waals surface area contributed by atoms with Gasteiger partial charge in [0.25, 0.3) is 0 Å². The Bertz CT molecular complexity index is 1200. The summed E-state index contributed by atoms with van der Waals surface area (Å²) in [4.78, 5) is 22.5. The smallest absolute Gasteiger partial charge is 0.408 e. The Morgan fingerprint density at radius 3 is 2.78 bits per heavy atom. The molecule has 2 aromatic heterocycles. The SMILES string of the molecule is Cc1ccc(Nc2ncc(C)c(Nc3ccc4oc(=O)[nH]c4c3)n2)c(F)c1. The lowest BCUT2D eigenvalue weighted by atomic mass is 10.2. The lowest BCUT2D eigenvalue weighted by Gasteiger charge is -2.11. The maximum absolute atomic E-state index is 14.0. The summed E-state index contributed by atoms with van der Waals surface area (Å²) in [5.74, 6) is -0.0520. The van der Waals surface area contributed by atoms with Crippen LogP contribution in [0.25, 0.3) is 11.1 Å². The van der Waals surface area contributed by atoms with Crippen molar-refractivity contribution in [3.8, 4) is 0 Å². The molecule has 4 aromatic rings. The number of aryl methyl sites for hydroxylation is 2. The molecule has 0 saturated heterocycles. The number of nitrogens with zero attached hydrogens (tertiary/aromatic N) is 2. The average Bonchev–Trinajstić information content (AvgIpc) is 2.99. The van der Waals surface area contributed by atoms with E-state index in [2.05, 4.69) is 25.6 Å². The maximum Gasteiger partial charge on any atom is 0.417 e. The van der Waals surface area contributed by atoms with Gasteiger partial charge in [0, 0.05) is 17.4 Å². The van der Waals surface area contributed by atoms with Crippen molar-refractivity contribution in [1.29, 1.82) is 0 Å². The summed E-state index contributed by atoms with van der Waals surface area (Å²) in [7, 11) is 0. The van der Waals surface area contributed by atoms with Crippen LogP contribution in [-0.4, -0.2) is 15.0 Å². The number of anilines is 4. The molecule has 0 aliphatic rings. The van der Waals surface area contributed by atoms with E-state index in [1.807, 2.05) is 13.8 Å². The Balaban J connectivity index is 1.62. The number of hydrogen-bond donors (Lipinski definition) is 3. The van der Waals surface area contributed by atoms with Crippen LogP contribution in [0.15, 0.2) is 51.8 Å². The van der Waals surface area contributed by atoms with Crippen molar-refractivity contribution >= 4 is 34.2 Å². The Morgan fingerprint density at radius 2 is 1.96 bits per heavy atom. The Kier molecular flexibility index (Phi) is 4.08. The molecule has 0 atom stereocenters. The molecule has 2 aromatic carbocycles. The van der Waals surface area contributed by atoms with Crippen molar-refractivity contribution in [2.45, 2.75) is 13.8 Å². The lowest BCUT2D eigenvalue weighted by Crippen LogP contribution is -2.04. The molecule has 0 aliphatic heterocycles. The van der Waals surface area contributed by atoms with Gasteiger partial charge in [-0.3, -0.25) is 4.98 Å². The number of oxazole rings is 1. The van der Waals surface area contributed by atoms with Crippen LogP contribution >= 0.6 is 0 Å². The van der Waals surface area contributed by atoms with E-state index in [4.69, 9.17) is 4.42 Å². The van der Waals surface area contributed by atoms with Crippen LogP contribution in [0.2, 0.25) is 0 Å². The highest BCUT2D eigenvalue weighted by atomic mass is 19.1. The zero-order chi connectivity index (χ0) is 19.0. The Labute approximate surface area is 153 Å². The number of rotatable bonds is 4. The predicted molar refractivity (Wildman–Crippen MR) is 101 cm³/mol. The molecule has 136 valence electrons. The second-order valence-corrected chi connectivity index (χ2v) is 6.18. The molecule has 0 saturated carbocycles. The highest BCUT2D eigenvalue weighted by Crippen LogP contribution is 2.24. The zero-order valence-corrected chi connectivity index (χ0v) is 14.6. The number of aromatic nitrogens is 3. The summed E-state index contributed by atoms with van der Waals surface area (Å²) in [6.07, 6.45) is 1.64. The third-order valence-corrected chi connectivity index (χ3v) is 4.02. The molecule has 7 nitrogen and oxygen atoms in total.